The van der Waals surface area contributed by atoms with Crippen LogP contribution < -0.4 is 5.32 Å². The SMILES string of the molecule is COC(=O)[C@H](Cc1ccc(C(F)(F)F)cc1)NC(C)=O. The highest BCUT2D eigenvalue weighted by molar-refractivity contribution is 5.83. The molecule has 1 rings (SSSR count). The van der Waals surface area contributed by atoms with E-state index in [0.29, 0.717) is 5.56 Å². The molecule has 0 radical (unpaired) electrons. The lowest BCUT2D eigenvalue weighted by Gasteiger charge is -2.16. The van der Waals surface area contributed by atoms with Gasteiger partial charge in [0.2, 0.25) is 5.91 Å². The second-order valence-corrected chi connectivity index (χ2v) is 4.18. The Labute approximate surface area is 113 Å². The minimum Gasteiger partial charge on any atom is -0.467 e. The van der Waals surface area contributed by atoms with Crippen molar-refractivity contribution >= 4 is 11.9 Å². The second kappa shape index (κ2) is 6.40. The number of rotatable bonds is 4. The van der Waals surface area contributed by atoms with Crippen LogP contribution in [0.25, 0.3) is 0 Å². The Morgan fingerprint density at radius 2 is 1.80 bits per heavy atom. The number of ether oxygens (including phenoxy) is 1. The van der Waals surface area contributed by atoms with Gasteiger partial charge in [-0.3, -0.25) is 4.79 Å². The summed E-state index contributed by atoms with van der Waals surface area (Å²) in [6.07, 6.45) is -4.34. The summed E-state index contributed by atoms with van der Waals surface area (Å²) in [5, 5.41) is 2.39. The average Bonchev–Trinajstić information content (AvgIpc) is 2.36. The van der Waals surface area contributed by atoms with E-state index in [2.05, 4.69) is 10.1 Å². The van der Waals surface area contributed by atoms with Crippen LogP contribution in [-0.4, -0.2) is 25.0 Å². The normalized spacial score (nSPS) is 12.7. The van der Waals surface area contributed by atoms with Gasteiger partial charge in [-0.2, -0.15) is 13.2 Å². The third-order valence-corrected chi connectivity index (χ3v) is 2.58. The summed E-state index contributed by atoms with van der Waals surface area (Å²) >= 11 is 0. The number of amides is 1. The van der Waals surface area contributed by atoms with Crippen LogP contribution in [0.5, 0.6) is 0 Å². The van der Waals surface area contributed by atoms with Crippen LogP contribution in [0, 0.1) is 0 Å². The van der Waals surface area contributed by atoms with Crippen molar-refractivity contribution < 1.29 is 27.5 Å². The van der Waals surface area contributed by atoms with Gasteiger partial charge in [0.1, 0.15) is 6.04 Å². The number of hydrogen-bond donors (Lipinski definition) is 1. The summed E-state index contributed by atoms with van der Waals surface area (Å²) in [5.41, 5.74) is -0.280. The molecule has 0 spiro atoms. The molecule has 0 saturated carbocycles. The Hall–Kier alpha value is -2.05. The van der Waals surface area contributed by atoms with Crippen LogP contribution in [0.1, 0.15) is 18.1 Å². The lowest BCUT2D eigenvalue weighted by molar-refractivity contribution is -0.144. The maximum atomic E-state index is 12.4. The molecule has 0 aliphatic heterocycles. The zero-order valence-electron chi connectivity index (χ0n) is 11.0. The van der Waals surface area contributed by atoms with Gasteiger partial charge in [-0.1, -0.05) is 12.1 Å². The minimum atomic E-state index is -4.40. The fourth-order valence-corrected chi connectivity index (χ4v) is 1.65. The number of benzene rings is 1. The molecule has 0 aliphatic rings. The molecule has 1 amide bonds. The molecule has 0 bridgehead atoms. The molecular weight excluding hydrogens is 275 g/mol. The molecule has 0 aromatic heterocycles. The number of nitrogens with one attached hydrogen (secondary N) is 1. The molecule has 0 saturated heterocycles. The van der Waals surface area contributed by atoms with E-state index in [0.717, 1.165) is 12.1 Å². The standard InChI is InChI=1S/C13H14F3NO3/c1-8(18)17-11(12(19)20-2)7-9-3-5-10(6-4-9)13(14,15)16/h3-6,11H,7H2,1-2H3,(H,17,18)/t11-/m0/s1. The van der Waals surface area contributed by atoms with Crippen molar-refractivity contribution in [3.8, 4) is 0 Å². The van der Waals surface area contributed by atoms with Gasteiger partial charge < -0.3 is 10.1 Å². The predicted molar refractivity (Wildman–Crippen MR) is 64.8 cm³/mol. The van der Waals surface area contributed by atoms with Crippen molar-refractivity contribution in [1.29, 1.82) is 0 Å². The topological polar surface area (TPSA) is 55.4 Å². The van der Waals surface area contributed by atoms with Crippen LogP contribution >= 0.6 is 0 Å². The number of carbonyl (C=O) groups excluding carboxylic acids is 2. The van der Waals surface area contributed by atoms with E-state index < -0.39 is 29.7 Å². The third-order valence-electron chi connectivity index (χ3n) is 2.58. The Balaban J connectivity index is 2.83. The smallest absolute Gasteiger partial charge is 0.416 e. The van der Waals surface area contributed by atoms with E-state index in [1.807, 2.05) is 0 Å². The monoisotopic (exact) mass is 289 g/mol. The van der Waals surface area contributed by atoms with E-state index in [1.54, 1.807) is 0 Å². The first kappa shape index (κ1) is 16.0. The summed E-state index contributed by atoms with van der Waals surface area (Å²) in [6.45, 7) is 1.24. The summed E-state index contributed by atoms with van der Waals surface area (Å²) < 4.78 is 41.7. The highest BCUT2D eigenvalue weighted by Gasteiger charge is 2.30. The van der Waals surface area contributed by atoms with Crippen molar-refractivity contribution in [2.24, 2.45) is 0 Å². The molecule has 0 fully saturated rings. The van der Waals surface area contributed by atoms with E-state index in [4.69, 9.17) is 0 Å². The van der Waals surface area contributed by atoms with Gasteiger partial charge in [-0.25, -0.2) is 4.79 Å². The highest BCUT2D eigenvalue weighted by Crippen LogP contribution is 2.29. The number of methoxy groups -OCH3 is 1. The molecule has 1 N–H and O–H groups in total. The number of alkyl halides is 3. The maximum absolute atomic E-state index is 12.4. The average molecular weight is 289 g/mol. The van der Waals surface area contributed by atoms with Gasteiger partial charge in [0.05, 0.1) is 12.7 Å². The minimum absolute atomic E-state index is 0.0599. The van der Waals surface area contributed by atoms with Crippen molar-refractivity contribution in [2.75, 3.05) is 7.11 Å². The first-order chi connectivity index (χ1) is 9.24. The Morgan fingerprint density at radius 3 is 2.20 bits per heavy atom. The number of esters is 1. The molecule has 1 atom stereocenters. The second-order valence-electron chi connectivity index (χ2n) is 4.18. The molecular formula is C13H14F3NO3. The quantitative estimate of drug-likeness (QED) is 0.862. The molecule has 110 valence electrons. The summed E-state index contributed by atoms with van der Waals surface area (Å²) in [6, 6.07) is 3.46. The Kier molecular flexibility index (Phi) is 5.12. The highest BCUT2D eigenvalue weighted by atomic mass is 19.4. The largest absolute Gasteiger partial charge is 0.467 e. The number of hydrogen-bond acceptors (Lipinski definition) is 3. The van der Waals surface area contributed by atoms with Crippen LogP contribution in [0.3, 0.4) is 0 Å². The molecule has 1 aromatic carbocycles. The van der Waals surface area contributed by atoms with E-state index in [1.165, 1.54) is 26.2 Å². The van der Waals surface area contributed by atoms with Crippen LogP contribution in [0.15, 0.2) is 24.3 Å². The molecule has 0 aliphatic carbocycles. The molecule has 0 unspecified atom stereocenters. The first-order valence-electron chi connectivity index (χ1n) is 5.75. The van der Waals surface area contributed by atoms with Gasteiger partial charge >= 0.3 is 12.1 Å². The lowest BCUT2D eigenvalue weighted by atomic mass is 10.0. The van der Waals surface area contributed by atoms with Gasteiger partial charge in [0.25, 0.3) is 0 Å². The number of halogens is 3. The summed E-state index contributed by atoms with van der Waals surface area (Å²) in [5.74, 6) is -1.08. The van der Waals surface area contributed by atoms with Crippen molar-refractivity contribution in [2.45, 2.75) is 25.6 Å². The van der Waals surface area contributed by atoms with Gasteiger partial charge in [-0.05, 0) is 17.7 Å². The van der Waals surface area contributed by atoms with Gasteiger partial charge in [0.15, 0.2) is 0 Å². The van der Waals surface area contributed by atoms with Crippen LogP contribution in [-0.2, 0) is 26.9 Å². The fraction of sp³-hybridized carbons (Fsp3) is 0.385. The van der Waals surface area contributed by atoms with Crippen molar-refractivity contribution in [3.05, 3.63) is 35.4 Å². The van der Waals surface area contributed by atoms with Crippen LogP contribution in [0.4, 0.5) is 13.2 Å². The van der Waals surface area contributed by atoms with E-state index in [-0.39, 0.29) is 6.42 Å². The Bertz CT molecular complexity index is 483. The number of carbonyl (C=O) groups is 2. The predicted octanol–water partition coefficient (Wildman–Crippen LogP) is 1.93. The molecule has 7 heteroatoms. The van der Waals surface area contributed by atoms with Gasteiger partial charge in [-0.15, -0.1) is 0 Å². The maximum Gasteiger partial charge on any atom is 0.416 e. The van der Waals surface area contributed by atoms with E-state index in [9.17, 15) is 22.8 Å². The molecule has 0 heterocycles. The van der Waals surface area contributed by atoms with Crippen LogP contribution in [0.2, 0.25) is 0 Å². The van der Waals surface area contributed by atoms with Gasteiger partial charge in [0, 0.05) is 13.3 Å². The zero-order chi connectivity index (χ0) is 15.3. The zero-order valence-corrected chi connectivity index (χ0v) is 11.0. The first-order valence-corrected chi connectivity index (χ1v) is 5.75. The summed E-state index contributed by atoms with van der Waals surface area (Å²) in [7, 11) is 1.17. The molecule has 1 aromatic rings. The fourth-order valence-electron chi connectivity index (χ4n) is 1.65. The Morgan fingerprint density at radius 1 is 1.25 bits per heavy atom. The molecule has 20 heavy (non-hydrogen) atoms. The van der Waals surface area contributed by atoms with Crippen molar-refractivity contribution in [1.82, 2.24) is 5.32 Å². The van der Waals surface area contributed by atoms with Crippen molar-refractivity contribution in [3.63, 3.8) is 0 Å². The van der Waals surface area contributed by atoms with E-state index >= 15 is 0 Å². The lowest BCUT2D eigenvalue weighted by Crippen LogP contribution is -2.41. The third kappa shape index (κ3) is 4.56. The summed E-state index contributed by atoms with van der Waals surface area (Å²) in [4.78, 5) is 22.4. The molecule has 4 nitrogen and oxygen atoms in total.